The summed E-state index contributed by atoms with van der Waals surface area (Å²) in [5.41, 5.74) is 3.11. The summed E-state index contributed by atoms with van der Waals surface area (Å²) < 4.78 is 27.5. The van der Waals surface area contributed by atoms with E-state index in [0.717, 1.165) is 12.1 Å². The van der Waals surface area contributed by atoms with Gasteiger partial charge in [0.1, 0.15) is 5.75 Å². The number of carbonyl (C=O) groups excluding carboxylic acids is 1. The summed E-state index contributed by atoms with van der Waals surface area (Å²) in [6.07, 6.45) is 0. The molecular formula is C21H18N4O6S. The topological polar surface area (TPSA) is 151 Å². The first kappa shape index (κ1) is 22.4. The Bertz CT molecular complexity index is 1300. The van der Waals surface area contributed by atoms with Crippen molar-refractivity contribution in [1.82, 2.24) is 5.43 Å². The predicted octanol–water partition coefficient (Wildman–Crippen LogP) is 3.26. The average molecular weight is 454 g/mol. The molecule has 32 heavy (non-hydrogen) atoms. The third kappa shape index (κ3) is 5.08. The van der Waals surface area contributed by atoms with E-state index in [4.69, 9.17) is 0 Å². The molecule has 0 spiro atoms. The Balaban J connectivity index is 1.73. The first-order valence-corrected chi connectivity index (χ1v) is 10.7. The molecule has 0 unspecified atom stereocenters. The molecule has 0 aliphatic carbocycles. The van der Waals surface area contributed by atoms with Crippen LogP contribution in [0.15, 0.2) is 82.8 Å². The molecule has 3 aromatic rings. The Morgan fingerprint density at radius 2 is 1.62 bits per heavy atom. The van der Waals surface area contributed by atoms with E-state index in [1.807, 2.05) is 0 Å². The molecule has 0 atom stereocenters. The lowest BCUT2D eigenvalue weighted by Gasteiger charge is -2.09. The van der Waals surface area contributed by atoms with Crippen LogP contribution in [0.1, 0.15) is 22.8 Å². The SMILES string of the molecule is C/C(=N/NC(=O)c1ccccc1O)c1ccc(NS(=O)(=O)c2ccccc2[N+](=O)[O-])cc1. The van der Waals surface area contributed by atoms with Crippen molar-refractivity contribution in [3.05, 3.63) is 94.0 Å². The van der Waals surface area contributed by atoms with Gasteiger partial charge in [-0.25, -0.2) is 13.8 Å². The highest BCUT2D eigenvalue weighted by Gasteiger charge is 2.25. The average Bonchev–Trinajstić information content (AvgIpc) is 2.77. The number of para-hydroxylation sites is 2. The maximum atomic E-state index is 12.6. The van der Waals surface area contributed by atoms with Crippen LogP contribution < -0.4 is 10.1 Å². The molecular weight excluding hydrogens is 436 g/mol. The number of hydrazone groups is 1. The molecule has 0 saturated heterocycles. The largest absolute Gasteiger partial charge is 0.507 e. The molecule has 164 valence electrons. The second-order valence-electron chi connectivity index (χ2n) is 6.56. The summed E-state index contributed by atoms with van der Waals surface area (Å²) in [7, 11) is -4.18. The van der Waals surface area contributed by atoms with E-state index >= 15 is 0 Å². The number of aromatic hydroxyl groups is 1. The third-order valence-corrected chi connectivity index (χ3v) is 5.81. The summed E-state index contributed by atoms with van der Waals surface area (Å²) in [5.74, 6) is -0.760. The van der Waals surface area contributed by atoms with Gasteiger partial charge in [-0.15, -0.1) is 0 Å². The van der Waals surface area contributed by atoms with Gasteiger partial charge in [0.15, 0.2) is 4.90 Å². The van der Waals surface area contributed by atoms with Gasteiger partial charge >= 0.3 is 0 Å². The van der Waals surface area contributed by atoms with Gasteiger partial charge in [0, 0.05) is 11.8 Å². The van der Waals surface area contributed by atoms with E-state index in [2.05, 4.69) is 15.2 Å². The predicted molar refractivity (Wildman–Crippen MR) is 118 cm³/mol. The highest BCUT2D eigenvalue weighted by Crippen LogP contribution is 2.25. The number of phenols is 1. The van der Waals surface area contributed by atoms with Gasteiger partial charge < -0.3 is 5.11 Å². The van der Waals surface area contributed by atoms with Crippen molar-refractivity contribution >= 4 is 33.0 Å². The van der Waals surface area contributed by atoms with Crippen LogP contribution in [-0.2, 0) is 10.0 Å². The quantitative estimate of drug-likeness (QED) is 0.283. The van der Waals surface area contributed by atoms with Crippen LogP contribution in [0, 0.1) is 10.1 Å². The zero-order valence-electron chi connectivity index (χ0n) is 16.7. The van der Waals surface area contributed by atoms with Gasteiger partial charge in [-0.3, -0.25) is 19.6 Å². The Kier molecular flexibility index (Phi) is 6.50. The number of sulfonamides is 1. The zero-order valence-corrected chi connectivity index (χ0v) is 17.5. The van der Waals surface area contributed by atoms with Gasteiger partial charge in [0.05, 0.1) is 16.2 Å². The maximum Gasteiger partial charge on any atom is 0.289 e. The Morgan fingerprint density at radius 1 is 1.00 bits per heavy atom. The zero-order chi connectivity index (χ0) is 23.3. The van der Waals surface area contributed by atoms with Crippen LogP contribution >= 0.6 is 0 Å². The molecule has 0 aromatic heterocycles. The molecule has 0 bridgehead atoms. The summed E-state index contributed by atoms with van der Waals surface area (Å²) in [6.45, 7) is 1.64. The van der Waals surface area contributed by atoms with Gasteiger partial charge in [-0.2, -0.15) is 5.10 Å². The molecule has 0 aliphatic heterocycles. The van der Waals surface area contributed by atoms with Crippen molar-refractivity contribution in [2.75, 3.05) is 4.72 Å². The molecule has 0 radical (unpaired) electrons. The molecule has 3 N–H and O–H groups in total. The second kappa shape index (κ2) is 9.27. The van der Waals surface area contributed by atoms with Crippen LogP contribution in [0.5, 0.6) is 5.75 Å². The van der Waals surface area contributed by atoms with Crippen molar-refractivity contribution < 1.29 is 23.2 Å². The highest BCUT2D eigenvalue weighted by molar-refractivity contribution is 7.92. The molecule has 3 aromatic carbocycles. The molecule has 3 rings (SSSR count). The minimum absolute atomic E-state index is 0.0730. The van der Waals surface area contributed by atoms with Crippen molar-refractivity contribution in [3.63, 3.8) is 0 Å². The van der Waals surface area contributed by atoms with E-state index < -0.39 is 31.4 Å². The van der Waals surface area contributed by atoms with Crippen molar-refractivity contribution in [3.8, 4) is 5.75 Å². The number of phenolic OH excluding ortho intramolecular Hbond substituents is 1. The normalized spacial score (nSPS) is 11.6. The van der Waals surface area contributed by atoms with E-state index in [0.29, 0.717) is 11.3 Å². The van der Waals surface area contributed by atoms with E-state index in [9.17, 15) is 28.4 Å². The Labute approximate surface area is 183 Å². The third-order valence-electron chi connectivity index (χ3n) is 4.38. The summed E-state index contributed by atoms with van der Waals surface area (Å²) >= 11 is 0. The lowest BCUT2D eigenvalue weighted by Crippen LogP contribution is -2.19. The molecule has 0 aliphatic rings. The number of hydrogen-bond acceptors (Lipinski definition) is 7. The fraction of sp³-hybridized carbons (Fsp3) is 0.0476. The smallest absolute Gasteiger partial charge is 0.289 e. The highest BCUT2D eigenvalue weighted by atomic mass is 32.2. The van der Waals surface area contributed by atoms with Crippen molar-refractivity contribution in [2.24, 2.45) is 5.10 Å². The van der Waals surface area contributed by atoms with Gasteiger partial charge in [-0.1, -0.05) is 36.4 Å². The van der Waals surface area contributed by atoms with Gasteiger partial charge in [0.2, 0.25) is 0 Å². The molecule has 0 heterocycles. The van der Waals surface area contributed by atoms with E-state index in [1.54, 1.807) is 31.2 Å². The van der Waals surface area contributed by atoms with Crippen LogP contribution in [0.25, 0.3) is 0 Å². The maximum absolute atomic E-state index is 12.6. The Morgan fingerprint density at radius 3 is 2.28 bits per heavy atom. The number of hydrogen-bond donors (Lipinski definition) is 3. The summed E-state index contributed by atoms with van der Waals surface area (Å²) in [6, 6.07) is 17.1. The summed E-state index contributed by atoms with van der Waals surface area (Å²) in [4.78, 5) is 22.0. The first-order chi connectivity index (χ1) is 15.2. The minimum Gasteiger partial charge on any atom is -0.507 e. The number of rotatable bonds is 7. The van der Waals surface area contributed by atoms with E-state index in [1.165, 1.54) is 36.4 Å². The fourth-order valence-corrected chi connectivity index (χ4v) is 3.98. The molecule has 11 heteroatoms. The van der Waals surface area contributed by atoms with Crippen molar-refractivity contribution in [2.45, 2.75) is 11.8 Å². The van der Waals surface area contributed by atoms with Crippen LogP contribution in [0.3, 0.4) is 0 Å². The van der Waals surface area contributed by atoms with Crippen LogP contribution in [0.2, 0.25) is 0 Å². The number of amides is 1. The Hall–Kier alpha value is -4.25. The monoisotopic (exact) mass is 454 g/mol. The van der Waals surface area contributed by atoms with Crippen LogP contribution in [-0.4, -0.2) is 30.1 Å². The number of nitrogens with zero attached hydrogens (tertiary/aromatic N) is 2. The number of carbonyl (C=O) groups is 1. The van der Waals surface area contributed by atoms with Crippen LogP contribution in [0.4, 0.5) is 11.4 Å². The van der Waals surface area contributed by atoms with Crippen molar-refractivity contribution in [1.29, 1.82) is 0 Å². The van der Waals surface area contributed by atoms with E-state index in [-0.39, 0.29) is 17.0 Å². The molecule has 0 fully saturated rings. The molecule has 10 nitrogen and oxygen atoms in total. The lowest BCUT2D eigenvalue weighted by atomic mass is 10.1. The summed E-state index contributed by atoms with van der Waals surface area (Å²) in [5, 5.41) is 24.8. The van der Waals surface area contributed by atoms with Gasteiger partial charge in [-0.05, 0) is 42.8 Å². The number of benzene rings is 3. The number of nitro benzene ring substituents is 1. The number of nitrogens with one attached hydrogen (secondary N) is 2. The number of anilines is 1. The first-order valence-electron chi connectivity index (χ1n) is 9.18. The van der Waals surface area contributed by atoms with Gasteiger partial charge in [0.25, 0.3) is 21.6 Å². The number of nitro groups is 1. The fourth-order valence-electron chi connectivity index (χ4n) is 2.75. The molecule has 0 saturated carbocycles. The molecule has 1 amide bonds. The second-order valence-corrected chi connectivity index (χ2v) is 8.21. The minimum atomic E-state index is -4.18. The standard InChI is InChI=1S/C21H18N4O6S/c1-14(22-23-21(27)17-6-2-4-8-19(17)26)15-10-12-16(13-11-15)24-32(30,31)20-9-5-3-7-18(20)25(28)29/h2-13,24,26H,1H3,(H,23,27)/b22-14-. The lowest BCUT2D eigenvalue weighted by molar-refractivity contribution is -0.387.